The first-order valence-corrected chi connectivity index (χ1v) is 7.34. The Bertz CT molecular complexity index is 140. The smallest absolute Gasteiger partial charge is 0.0619 e. The standard InChI is InChI=1S/C15H32O/c1-4-6-7-8-9-10-11-12-14-15(3,16)13-5-2/h16H,4-14H2,1-3H3. The maximum absolute atomic E-state index is 9.99. The molecule has 0 saturated carbocycles. The Morgan fingerprint density at radius 2 is 1.19 bits per heavy atom. The number of hydrogen-bond donors (Lipinski definition) is 1. The van der Waals surface area contributed by atoms with E-state index in [1.165, 1.54) is 51.4 Å². The zero-order chi connectivity index (χ0) is 12.3. The predicted octanol–water partition coefficient (Wildman–Crippen LogP) is 5.07. The third kappa shape index (κ3) is 10.5. The second-order valence-electron chi connectivity index (χ2n) is 5.47. The van der Waals surface area contributed by atoms with E-state index in [1.807, 2.05) is 6.92 Å². The van der Waals surface area contributed by atoms with Crippen molar-refractivity contribution in [3.05, 3.63) is 0 Å². The minimum absolute atomic E-state index is 0.406. The Morgan fingerprint density at radius 1 is 0.688 bits per heavy atom. The predicted molar refractivity (Wildman–Crippen MR) is 72.8 cm³/mol. The lowest BCUT2D eigenvalue weighted by atomic mass is 9.93. The molecule has 0 aliphatic carbocycles. The zero-order valence-electron chi connectivity index (χ0n) is 11.7. The van der Waals surface area contributed by atoms with Gasteiger partial charge in [0.2, 0.25) is 0 Å². The fraction of sp³-hybridized carbons (Fsp3) is 1.00. The first-order valence-electron chi connectivity index (χ1n) is 7.34. The molecule has 1 atom stereocenters. The Balaban J connectivity index is 3.20. The topological polar surface area (TPSA) is 20.2 Å². The van der Waals surface area contributed by atoms with E-state index in [2.05, 4.69) is 13.8 Å². The van der Waals surface area contributed by atoms with Gasteiger partial charge in [0.15, 0.2) is 0 Å². The molecule has 0 rings (SSSR count). The summed E-state index contributed by atoms with van der Waals surface area (Å²) in [6.45, 7) is 6.38. The average molecular weight is 228 g/mol. The van der Waals surface area contributed by atoms with Crippen LogP contribution < -0.4 is 0 Å². The summed E-state index contributed by atoms with van der Waals surface area (Å²) >= 11 is 0. The monoisotopic (exact) mass is 228 g/mol. The van der Waals surface area contributed by atoms with E-state index in [9.17, 15) is 5.11 Å². The molecule has 0 amide bonds. The van der Waals surface area contributed by atoms with Gasteiger partial charge in [-0.1, -0.05) is 71.6 Å². The van der Waals surface area contributed by atoms with E-state index >= 15 is 0 Å². The van der Waals surface area contributed by atoms with Gasteiger partial charge in [-0.15, -0.1) is 0 Å². The molecule has 16 heavy (non-hydrogen) atoms. The number of unbranched alkanes of at least 4 members (excludes halogenated alkanes) is 7. The van der Waals surface area contributed by atoms with E-state index in [-0.39, 0.29) is 0 Å². The highest BCUT2D eigenvalue weighted by molar-refractivity contribution is 4.71. The molecule has 0 aromatic rings. The number of aliphatic hydroxyl groups is 1. The van der Waals surface area contributed by atoms with Crippen LogP contribution in [0.3, 0.4) is 0 Å². The van der Waals surface area contributed by atoms with Crippen LogP contribution in [0.1, 0.15) is 91.4 Å². The molecule has 0 aliphatic heterocycles. The van der Waals surface area contributed by atoms with Crippen LogP contribution in [0, 0.1) is 0 Å². The number of hydrogen-bond acceptors (Lipinski definition) is 1. The molecule has 0 bridgehead atoms. The summed E-state index contributed by atoms with van der Waals surface area (Å²) in [5.41, 5.74) is -0.406. The first-order chi connectivity index (χ1) is 7.62. The van der Waals surface area contributed by atoms with Gasteiger partial charge in [0, 0.05) is 0 Å². The third-order valence-electron chi connectivity index (χ3n) is 3.36. The molecular formula is C15H32O. The highest BCUT2D eigenvalue weighted by atomic mass is 16.3. The molecule has 1 nitrogen and oxygen atoms in total. The fourth-order valence-corrected chi connectivity index (χ4v) is 2.30. The van der Waals surface area contributed by atoms with Crippen LogP contribution >= 0.6 is 0 Å². The summed E-state index contributed by atoms with van der Waals surface area (Å²) in [5.74, 6) is 0. The van der Waals surface area contributed by atoms with Crippen LogP contribution in [0.2, 0.25) is 0 Å². The summed E-state index contributed by atoms with van der Waals surface area (Å²) in [6, 6.07) is 0. The molecule has 0 aromatic heterocycles. The summed E-state index contributed by atoms with van der Waals surface area (Å²) < 4.78 is 0. The van der Waals surface area contributed by atoms with Gasteiger partial charge >= 0.3 is 0 Å². The van der Waals surface area contributed by atoms with Crippen molar-refractivity contribution in [1.82, 2.24) is 0 Å². The molecule has 98 valence electrons. The Kier molecular flexibility index (Phi) is 10.1. The van der Waals surface area contributed by atoms with E-state index < -0.39 is 5.60 Å². The third-order valence-corrected chi connectivity index (χ3v) is 3.36. The summed E-state index contributed by atoms with van der Waals surface area (Å²) in [6.07, 6.45) is 13.8. The zero-order valence-corrected chi connectivity index (χ0v) is 11.7. The largest absolute Gasteiger partial charge is 0.390 e. The molecule has 0 aromatic carbocycles. The van der Waals surface area contributed by atoms with Crippen molar-refractivity contribution in [2.45, 2.75) is 97.0 Å². The minimum atomic E-state index is -0.406. The lowest BCUT2D eigenvalue weighted by Crippen LogP contribution is -2.23. The second kappa shape index (κ2) is 10.1. The molecule has 0 radical (unpaired) electrons. The summed E-state index contributed by atoms with van der Waals surface area (Å²) in [5, 5.41) is 9.99. The average Bonchev–Trinajstić information content (AvgIpc) is 2.22. The first kappa shape index (κ1) is 16.0. The molecular weight excluding hydrogens is 196 g/mol. The van der Waals surface area contributed by atoms with Crippen molar-refractivity contribution in [2.75, 3.05) is 0 Å². The van der Waals surface area contributed by atoms with Crippen LogP contribution in [-0.2, 0) is 0 Å². The lowest BCUT2D eigenvalue weighted by molar-refractivity contribution is 0.0386. The highest BCUT2D eigenvalue weighted by Crippen LogP contribution is 2.20. The quantitative estimate of drug-likeness (QED) is 0.490. The van der Waals surface area contributed by atoms with Gasteiger partial charge in [-0.05, 0) is 19.8 Å². The molecule has 0 heterocycles. The lowest BCUT2D eigenvalue weighted by Gasteiger charge is -2.22. The van der Waals surface area contributed by atoms with Crippen LogP contribution in [0.5, 0.6) is 0 Å². The van der Waals surface area contributed by atoms with Crippen molar-refractivity contribution in [1.29, 1.82) is 0 Å². The Hall–Kier alpha value is -0.0400. The van der Waals surface area contributed by atoms with Gasteiger partial charge in [0.05, 0.1) is 5.60 Å². The van der Waals surface area contributed by atoms with Gasteiger partial charge < -0.3 is 5.11 Å². The van der Waals surface area contributed by atoms with Crippen LogP contribution in [0.15, 0.2) is 0 Å². The van der Waals surface area contributed by atoms with Gasteiger partial charge in [-0.25, -0.2) is 0 Å². The molecule has 1 heteroatoms. The highest BCUT2D eigenvalue weighted by Gasteiger charge is 2.17. The van der Waals surface area contributed by atoms with Crippen LogP contribution in [0.25, 0.3) is 0 Å². The molecule has 0 spiro atoms. The Morgan fingerprint density at radius 3 is 1.69 bits per heavy atom. The van der Waals surface area contributed by atoms with E-state index in [0.717, 1.165) is 19.3 Å². The normalized spacial score (nSPS) is 15.0. The van der Waals surface area contributed by atoms with Crippen LogP contribution in [0.4, 0.5) is 0 Å². The van der Waals surface area contributed by atoms with Crippen LogP contribution in [-0.4, -0.2) is 10.7 Å². The second-order valence-corrected chi connectivity index (χ2v) is 5.47. The molecule has 0 fully saturated rings. The van der Waals surface area contributed by atoms with Gasteiger partial charge in [0.1, 0.15) is 0 Å². The minimum Gasteiger partial charge on any atom is -0.390 e. The van der Waals surface area contributed by atoms with Crippen molar-refractivity contribution in [3.63, 3.8) is 0 Å². The molecule has 1 unspecified atom stereocenters. The van der Waals surface area contributed by atoms with Gasteiger partial charge in [-0.3, -0.25) is 0 Å². The SMILES string of the molecule is CCCCCCCCCCC(C)(O)CCC. The maximum atomic E-state index is 9.99. The van der Waals surface area contributed by atoms with Gasteiger partial charge in [0.25, 0.3) is 0 Å². The van der Waals surface area contributed by atoms with Crippen molar-refractivity contribution < 1.29 is 5.11 Å². The number of rotatable bonds is 11. The van der Waals surface area contributed by atoms with Crippen molar-refractivity contribution in [2.24, 2.45) is 0 Å². The van der Waals surface area contributed by atoms with Crippen molar-refractivity contribution in [3.8, 4) is 0 Å². The summed E-state index contributed by atoms with van der Waals surface area (Å²) in [4.78, 5) is 0. The maximum Gasteiger partial charge on any atom is 0.0619 e. The van der Waals surface area contributed by atoms with E-state index in [1.54, 1.807) is 0 Å². The van der Waals surface area contributed by atoms with Gasteiger partial charge in [-0.2, -0.15) is 0 Å². The van der Waals surface area contributed by atoms with E-state index in [0.29, 0.717) is 0 Å². The van der Waals surface area contributed by atoms with Crippen molar-refractivity contribution >= 4 is 0 Å². The fourth-order valence-electron chi connectivity index (χ4n) is 2.30. The van der Waals surface area contributed by atoms with E-state index in [4.69, 9.17) is 0 Å². The summed E-state index contributed by atoms with van der Waals surface area (Å²) in [7, 11) is 0. The Labute approximate surface area is 103 Å². The molecule has 1 N–H and O–H groups in total. The molecule has 0 aliphatic rings. The molecule has 0 saturated heterocycles.